The fourth-order valence-electron chi connectivity index (χ4n) is 4.44. The molecule has 4 aromatic rings. The number of halogens is 1. The van der Waals surface area contributed by atoms with E-state index in [1.165, 1.54) is 0 Å². The van der Waals surface area contributed by atoms with Crippen LogP contribution >= 0.6 is 15.9 Å². The Kier molecular flexibility index (Phi) is 6.03. The van der Waals surface area contributed by atoms with Crippen molar-refractivity contribution in [3.8, 4) is 17.2 Å². The molecule has 1 atom stereocenters. The number of aromatic nitrogens is 3. The quantitative estimate of drug-likeness (QED) is 0.401. The van der Waals surface area contributed by atoms with Crippen molar-refractivity contribution in [3.05, 3.63) is 82.7 Å². The zero-order valence-electron chi connectivity index (χ0n) is 18.7. The molecule has 34 heavy (non-hydrogen) atoms. The van der Waals surface area contributed by atoms with Gasteiger partial charge >= 0.3 is 0 Å². The zero-order valence-corrected chi connectivity index (χ0v) is 20.3. The van der Waals surface area contributed by atoms with Crippen LogP contribution in [0.5, 0.6) is 0 Å². The van der Waals surface area contributed by atoms with Crippen molar-refractivity contribution in [2.24, 2.45) is 0 Å². The van der Waals surface area contributed by atoms with E-state index in [1.54, 1.807) is 10.7 Å². The highest BCUT2D eigenvalue weighted by molar-refractivity contribution is 9.10. The average molecular weight is 515 g/mol. The van der Waals surface area contributed by atoms with E-state index in [9.17, 15) is 10.1 Å². The molecule has 0 saturated carbocycles. The lowest BCUT2D eigenvalue weighted by atomic mass is 9.99. The van der Waals surface area contributed by atoms with E-state index in [2.05, 4.69) is 32.0 Å². The molecule has 5 rings (SSSR count). The Morgan fingerprint density at radius 2 is 1.85 bits per heavy atom. The van der Waals surface area contributed by atoms with E-state index in [0.29, 0.717) is 18.7 Å². The zero-order chi connectivity index (χ0) is 23.7. The van der Waals surface area contributed by atoms with Gasteiger partial charge in [-0.05, 0) is 46.6 Å². The van der Waals surface area contributed by atoms with Crippen LogP contribution in [0.2, 0.25) is 0 Å². The van der Waals surface area contributed by atoms with Gasteiger partial charge in [-0.1, -0.05) is 30.3 Å². The number of benzene rings is 1. The predicted octanol–water partition coefficient (Wildman–Crippen LogP) is 4.48. The third kappa shape index (κ3) is 4.15. The Bertz CT molecular complexity index is 1370. The van der Waals surface area contributed by atoms with Gasteiger partial charge in [0.15, 0.2) is 0 Å². The first-order valence-electron chi connectivity index (χ1n) is 11.2. The second kappa shape index (κ2) is 9.27. The molecule has 3 aromatic heterocycles. The summed E-state index contributed by atoms with van der Waals surface area (Å²) in [5, 5.41) is 13.8. The van der Waals surface area contributed by atoms with Gasteiger partial charge in [-0.3, -0.25) is 4.79 Å². The molecule has 1 saturated heterocycles. The molecule has 8 heteroatoms. The van der Waals surface area contributed by atoms with Gasteiger partial charge in [-0.2, -0.15) is 10.4 Å². The molecule has 1 amide bonds. The molecule has 4 heterocycles. The molecule has 1 aliphatic heterocycles. The molecule has 0 bridgehead atoms. The Labute approximate surface area is 206 Å². The van der Waals surface area contributed by atoms with Crippen LogP contribution in [0.1, 0.15) is 24.0 Å². The Balaban J connectivity index is 1.30. The molecule has 1 aliphatic rings. The number of amides is 1. The van der Waals surface area contributed by atoms with Crippen molar-refractivity contribution in [1.82, 2.24) is 19.5 Å². The molecule has 0 N–H and O–H groups in total. The SMILES string of the molecule is C[C@@H](C(=O)N1CCN(c2ccc(-c3cc(Br)cn4ncc(C#N)c34)cn2)CC1)c1ccccc1. The lowest BCUT2D eigenvalue weighted by Crippen LogP contribution is -2.50. The summed E-state index contributed by atoms with van der Waals surface area (Å²) in [6.45, 7) is 4.80. The predicted molar refractivity (Wildman–Crippen MR) is 134 cm³/mol. The van der Waals surface area contributed by atoms with E-state index >= 15 is 0 Å². The van der Waals surface area contributed by atoms with Crippen molar-refractivity contribution in [3.63, 3.8) is 0 Å². The number of anilines is 1. The minimum atomic E-state index is -0.144. The number of nitrogens with zero attached hydrogens (tertiary/aromatic N) is 6. The van der Waals surface area contributed by atoms with Gasteiger partial charge in [0.1, 0.15) is 11.9 Å². The van der Waals surface area contributed by atoms with Gasteiger partial charge in [-0.25, -0.2) is 9.50 Å². The number of pyridine rings is 2. The minimum absolute atomic E-state index is 0.144. The lowest BCUT2D eigenvalue weighted by molar-refractivity contribution is -0.132. The van der Waals surface area contributed by atoms with Crippen LogP contribution in [0.4, 0.5) is 5.82 Å². The molecule has 1 aromatic carbocycles. The maximum absolute atomic E-state index is 13.0. The number of hydrogen-bond donors (Lipinski definition) is 0. The Morgan fingerprint density at radius 1 is 1.09 bits per heavy atom. The Morgan fingerprint density at radius 3 is 2.53 bits per heavy atom. The number of carbonyl (C=O) groups is 1. The van der Waals surface area contributed by atoms with E-state index in [0.717, 1.165) is 45.6 Å². The summed E-state index contributed by atoms with van der Waals surface area (Å²) in [5.41, 5.74) is 4.15. The summed E-state index contributed by atoms with van der Waals surface area (Å²) in [4.78, 5) is 21.8. The normalized spacial score (nSPS) is 14.7. The van der Waals surface area contributed by atoms with Crippen LogP contribution in [0.25, 0.3) is 16.6 Å². The number of nitriles is 1. The molecular formula is C26H23BrN6O. The third-order valence-electron chi connectivity index (χ3n) is 6.34. The first kappa shape index (κ1) is 22.1. The third-order valence-corrected chi connectivity index (χ3v) is 6.78. The first-order valence-corrected chi connectivity index (χ1v) is 12.0. The molecule has 170 valence electrons. The number of carbonyl (C=O) groups excluding carboxylic acids is 1. The molecule has 0 unspecified atom stereocenters. The molecule has 0 spiro atoms. The highest BCUT2D eigenvalue weighted by atomic mass is 79.9. The van der Waals surface area contributed by atoms with E-state index < -0.39 is 0 Å². The second-order valence-corrected chi connectivity index (χ2v) is 9.30. The smallest absolute Gasteiger partial charge is 0.229 e. The van der Waals surface area contributed by atoms with Crippen LogP contribution in [0.3, 0.4) is 0 Å². The average Bonchev–Trinajstić information content (AvgIpc) is 3.31. The monoisotopic (exact) mass is 514 g/mol. The molecule has 1 fully saturated rings. The minimum Gasteiger partial charge on any atom is -0.353 e. The van der Waals surface area contributed by atoms with E-state index in [1.807, 2.05) is 72.7 Å². The second-order valence-electron chi connectivity index (χ2n) is 8.38. The number of rotatable bonds is 4. The summed E-state index contributed by atoms with van der Waals surface area (Å²) >= 11 is 3.53. The molecule has 7 nitrogen and oxygen atoms in total. The van der Waals surface area contributed by atoms with Crippen molar-refractivity contribution in [1.29, 1.82) is 5.26 Å². The molecule has 0 radical (unpaired) electrons. The van der Waals surface area contributed by atoms with E-state index in [4.69, 9.17) is 4.98 Å². The Hall–Kier alpha value is -3.70. The first-order chi connectivity index (χ1) is 16.5. The van der Waals surface area contributed by atoms with Crippen molar-refractivity contribution in [2.45, 2.75) is 12.8 Å². The summed E-state index contributed by atoms with van der Waals surface area (Å²) in [5.74, 6) is 0.906. The number of fused-ring (bicyclic) bond motifs is 1. The largest absolute Gasteiger partial charge is 0.353 e. The summed E-state index contributed by atoms with van der Waals surface area (Å²) in [7, 11) is 0. The maximum atomic E-state index is 13.0. The van der Waals surface area contributed by atoms with Gasteiger partial charge in [0, 0.05) is 54.2 Å². The standard InChI is InChI=1S/C26H23BrN6O/c1-18(19-5-3-2-4-6-19)26(34)32-11-9-31(10-12-32)24-8-7-20(15-29-24)23-13-22(27)17-33-25(23)21(14-28)16-30-33/h2-8,13,15-18H,9-12H2,1H3/t18-/m1/s1. The lowest BCUT2D eigenvalue weighted by Gasteiger charge is -2.36. The van der Waals surface area contributed by atoms with Gasteiger partial charge < -0.3 is 9.80 Å². The van der Waals surface area contributed by atoms with Crippen LogP contribution in [-0.2, 0) is 4.79 Å². The van der Waals surface area contributed by atoms with Crippen LogP contribution in [0, 0.1) is 11.3 Å². The fraction of sp³-hybridized carbons (Fsp3) is 0.231. The van der Waals surface area contributed by atoms with Crippen molar-refractivity contribution >= 4 is 33.2 Å². The van der Waals surface area contributed by atoms with Crippen LogP contribution in [0.15, 0.2) is 71.6 Å². The summed E-state index contributed by atoms with van der Waals surface area (Å²) in [6.07, 6.45) is 5.24. The highest BCUT2D eigenvalue weighted by Crippen LogP contribution is 2.30. The van der Waals surface area contributed by atoms with Gasteiger partial charge in [0.2, 0.25) is 5.91 Å². The highest BCUT2D eigenvalue weighted by Gasteiger charge is 2.26. The van der Waals surface area contributed by atoms with Gasteiger partial charge in [0.05, 0.1) is 23.2 Å². The fourth-order valence-corrected chi connectivity index (χ4v) is 4.86. The van der Waals surface area contributed by atoms with Crippen molar-refractivity contribution in [2.75, 3.05) is 31.1 Å². The number of piperazine rings is 1. The summed E-state index contributed by atoms with van der Waals surface area (Å²) < 4.78 is 2.58. The maximum Gasteiger partial charge on any atom is 0.229 e. The van der Waals surface area contributed by atoms with Crippen molar-refractivity contribution < 1.29 is 4.79 Å². The molecule has 0 aliphatic carbocycles. The molecular weight excluding hydrogens is 492 g/mol. The summed E-state index contributed by atoms with van der Waals surface area (Å²) in [6, 6.07) is 18.1. The van der Waals surface area contributed by atoms with Gasteiger partial charge in [-0.15, -0.1) is 0 Å². The van der Waals surface area contributed by atoms with E-state index in [-0.39, 0.29) is 11.8 Å². The van der Waals surface area contributed by atoms with Crippen LogP contribution < -0.4 is 4.90 Å². The van der Waals surface area contributed by atoms with Crippen LogP contribution in [-0.4, -0.2) is 51.6 Å². The number of hydrogen-bond acceptors (Lipinski definition) is 5. The topological polar surface area (TPSA) is 77.5 Å². The van der Waals surface area contributed by atoms with Gasteiger partial charge in [0.25, 0.3) is 0 Å².